The van der Waals surface area contributed by atoms with Crippen molar-refractivity contribution in [2.24, 2.45) is 5.73 Å². The van der Waals surface area contributed by atoms with Gasteiger partial charge in [-0.1, -0.05) is 5.10 Å². The largest absolute Gasteiger partial charge is 0.469 e. The lowest BCUT2D eigenvalue weighted by molar-refractivity contribution is 0.471. The molecule has 6 heteroatoms. The van der Waals surface area contributed by atoms with E-state index in [9.17, 15) is 0 Å². The molecule has 86 valence electrons. The minimum absolute atomic E-state index is 0.242. The van der Waals surface area contributed by atoms with E-state index in [-0.39, 0.29) is 6.04 Å². The lowest BCUT2D eigenvalue weighted by atomic mass is 10.3. The first-order chi connectivity index (χ1) is 7.75. The Bertz CT molecular complexity index is 422. The Morgan fingerprint density at radius 3 is 3.00 bits per heavy atom. The van der Waals surface area contributed by atoms with Gasteiger partial charge in [0, 0.05) is 13.0 Å². The maximum atomic E-state index is 5.59. The van der Waals surface area contributed by atoms with Gasteiger partial charge in [-0.25, -0.2) is 0 Å². The average Bonchev–Trinajstić information content (AvgIpc) is 2.87. The number of hydrogen-bond acceptors (Lipinski definition) is 6. The Hall–Kier alpha value is -1.82. The summed E-state index contributed by atoms with van der Waals surface area (Å²) < 4.78 is 10.5. The summed E-state index contributed by atoms with van der Waals surface area (Å²) >= 11 is 0. The Kier molecular flexibility index (Phi) is 3.21. The molecule has 2 rings (SSSR count). The number of anilines is 1. The Morgan fingerprint density at radius 1 is 1.50 bits per heavy atom. The highest BCUT2D eigenvalue weighted by Gasteiger charge is 2.09. The zero-order valence-corrected chi connectivity index (χ0v) is 9.01. The number of rotatable bonds is 5. The van der Waals surface area contributed by atoms with E-state index in [2.05, 4.69) is 15.5 Å². The lowest BCUT2D eigenvalue weighted by Crippen LogP contribution is -2.05. The van der Waals surface area contributed by atoms with Crippen LogP contribution in [0.1, 0.15) is 24.6 Å². The zero-order valence-electron chi connectivity index (χ0n) is 9.01. The monoisotopic (exact) mass is 222 g/mol. The van der Waals surface area contributed by atoms with Crippen molar-refractivity contribution < 1.29 is 8.83 Å². The summed E-state index contributed by atoms with van der Waals surface area (Å²) in [5.74, 6) is 1.35. The van der Waals surface area contributed by atoms with E-state index in [1.54, 1.807) is 13.2 Å². The van der Waals surface area contributed by atoms with Gasteiger partial charge in [0.2, 0.25) is 5.89 Å². The summed E-state index contributed by atoms with van der Waals surface area (Å²) in [6.45, 7) is 2.47. The van der Waals surface area contributed by atoms with E-state index < -0.39 is 0 Å². The van der Waals surface area contributed by atoms with Gasteiger partial charge in [-0.05, 0) is 19.1 Å². The second kappa shape index (κ2) is 4.80. The second-order valence-corrected chi connectivity index (χ2v) is 3.49. The van der Waals surface area contributed by atoms with Crippen LogP contribution in [0.4, 0.5) is 6.01 Å². The number of furan rings is 1. The molecule has 0 aliphatic carbocycles. The molecule has 2 aromatic rings. The number of nitrogens with zero attached hydrogens (tertiary/aromatic N) is 2. The molecule has 0 bridgehead atoms. The van der Waals surface area contributed by atoms with Crippen LogP contribution in [0, 0.1) is 0 Å². The molecule has 0 saturated heterocycles. The zero-order chi connectivity index (χ0) is 11.4. The summed E-state index contributed by atoms with van der Waals surface area (Å²) in [6, 6.07) is 3.92. The van der Waals surface area contributed by atoms with Gasteiger partial charge in [-0.3, -0.25) is 0 Å². The molecular formula is C10H14N4O2. The predicted octanol–water partition coefficient (Wildman–Crippen LogP) is 1.34. The van der Waals surface area contributed by atoms with Crippen LogP contribution in [0.15, 0.2) is 27.2 Å². The minimum atomic E-state index is -0.242. The lowest BCUT2D eigenvalue weighted by Gasteiger charge is -1.99. The Balaban J connectivity index is 1.81. The summed E-state index contributed by atoms with van der Waals surface area (Å²) in [4.78, 5) is 0. The van der Waals surface area contributed by atoms with Crippen molar-refractivity contribution in [1.29, 1.82) is 0 Å². The topological polar surface area (TPSA) is 90.1 Å². The third-order valence-electron chi connectivity index (χ3n) is 2.06. The number of hydrogen-bond donors (Lipinski definition) is 2. The van der Waals surface area contributed by atoms with E-state index in [1.807, 2.05) is 12.1 Å². The molecule has 0 spiro atoms. The van der Waals surface area contributed by atoms with E-state index >= 15 is 0 Å². The van der Waals surface area contributed by atoms with Crippen molar-refractivity contribution >= 4 is 6.01 Å². The van der Waals surface area contributed by atoms with Crippen LogP contribution in [0.25, 0.3) is 0 Å². The van der Waals surface area contributed by atoms with Gasteiger partial charge in [-0.2, -0.15) is 0 Å². The van der Waals surface area contributed by atoms with E-state index in [1.165, 1.54) is 0 Å². The van der Waals surface area contributed by atoms with Crippen molar-refractivity contribution in [2.75, 3.05) is 11.9 Å². The molecule has 0 saturated carbocycles. The average molecular weight is 222 g/mol. The van der Waals surface area contributed by atoms with Crippen LogP contribution in [-0.2, 0) is 6.42 Å². The third-order valence-corrected chi connectivity index (χ3v) is 2.06. The number of aromatic nitrogens is 2. The van der Waals surface area contributed by atoms with Crippen molar-refractivity contribution in [3.63, 3.8) is 0 Å². The van der Waals surface area contributed by atoms with Crippen LogP contribution in [0.2, 0.25) is 0 Å². The molecule has 2 heterocycles. The molecule has 16 heavy (non-hydrogen) atoms. The summed E-state index contributed by atoms with van der Waals surface area (Å²) in [5.41, 5.74) is 5.59. The van der Waals surface area contributed by atoms with Crippen molar-refractivity contribution in [3.8, 4) is 0 Å². The van der Waals surface area contributed by atoms with Gasteiger partial charge in [0.05, 0.1) is 12.3 Å². The van der Waals surface area contributed by atoms with Gasteiger partial charge >= 0.3 is 6.01 Å². The number of nitrogens with one attached hydrogen (secondary N) is 1. The molecule has 2 aromatic heterocycles. The van der Waals surface area contributed by atoms with Crippen LogP contribution < -0.4 is 11.1 Å². The molecule has 0 fully saturated rings. The summed E-state index contributed by atoms with van der Waals surface area (Å²) in [7, 11) is 0. The maximum absolute atomic E-state index is 5.59. The molecule has 0 aliphatic rings. The fraction of sp³-hybridized carbons (Fsp3) is 0.400. The normalized spacial score (nSPS) is 12.6. The molecule has 3 N–H and O–H groups in total. The Morgan fingerprint density at radius 2 is 2.38 bits per heavy atom. The summed E-state index contributed by atoms with van der Waals surface area (Å²) in [5, 5.41) is 10.6. The van der Waals surface area contributed by atoms with Crippen molar-refractivity contribution in [3.05, 3.63) is 30.0 Å². The van der Waals surface area contributed by atoms with Gasteiger partial charge in [-0.15, -0.1) is 5.10 Å². The van der Waals surface area contributed by atoms with E-state index in [4.69, 9.17) is 14.6 Å². The first-order valence-corrected chi connectivity index (χ1v) is 5.11. The molecule has 0 aromatic carbocycles. The van der Waals surface area contributed by atoms with Crippen LogP contribution in [0.5, 0.6) is 0 Å². The van der Waals surface area contributed by atoms with Gasteiger partial charge in [0.15, 0.2) is 0 Å². The third kappa shape index (κ3) is 2.60. The highest BCUT2D eigenvalue weighted by Crippen LogP contribution is 2.11. The SMILES string of the molecule is CC(N)c1nnc(NCCc2ccco2)o1. The quantitative estimate of drug-likeness (QED) is 0.793. The minimum Gasteiger partial charge on any atom is -0.469 e. The van der Waals surface area contributed by atoms with Gasteiger partial charge < -0.3 is 19.9 Å². The second-order valence-electron chi connectivity index (χ2n) is 3.49. The van der Waals surface area contributed by atoms with Crippen LogP contribution in [0.3, 0.4) is 0 Å². The molecule has 0 aliphatic heterocycles. The fourth-order valence-corrected chi connectivity index (χ4v) is 1.24. The molecule has 0 amide bonds. The molecule has 1 unspecified atom stereocenters. The molecule has 1 atom stereocenters. The van der Waals surface area contributed by atoms with Crippen molar-refractivity contribution in [2.45, 2.75) is 19.4 Å². The smallest absolute Gasteiger partial charge is 0.315 e. The first kappa shape index (κ1) is 10.7. The van der Waals surface area contributed by atoms with Crippen molar-refractivity contribution in [1.82, 2.24) is 10.2 Å². The predicted molar refractivity (Wildman–Crippen MR) is 57.8 cm³/mol. The van der Waals surface area contributed by atoms with E-state index in [0.29, 0.717) is 18.5 Å². The summed E-state index contributed by atoms with van der Waals surface area (Å²) in [6.07, 6.45) is 2.42. The highest BCUT2D eigenvalue weighted by molar-refractivity contribution is 5.17. The molecule has 0 radical (unpaired) electrons. The van der Waals surface area contributed by atoms with Gasteiger partial charge in [0.25, 0.3) is 0 Å². The highest BCUT2D eigenvalue weighted by atomic mass is 16.4. The fourth-order valence-electron chi connectivity index (χ4n) is 1.24. The maximum Gasteiger partial charge on any atom is 0.315 e. The number of nitrogens with two attached hydrogens (primary N) is 1. The standard InChI is InChI=1S/C10H14N4O2/c1-7(11)9-13-14-10(16-9)12-5-4-8-3-2-6-15-8/h2-3,6-7H,4-5,11H2,1H3,(H,12,14). The van der Waals surface area contributed by atoms with Crippen LogP contribution in [-0.4, -0.2) is 16.7 Å². The molecular weight excluding hydrogens is 208 g/mol. The van der Waals surface area contributed by atoms with E-state index in [0.717, 1.165) is 12.2 Å². The van der Waals surface area contributed by atoms with Crippen LogP contribution >= 0.6 is 0 Å². The van der Waals surface area contributed by atoms with Gasteiger partial charge in [0.1, 0.15) is 5.76 Å². The molecule has 6 nitrogen and oxygen atoms in total. The first-order valence-electron chi connectivity index (χ1n) is 5.11. The Labute approximate surface area is 92.8 Å².